The van der Waals surface area contributed by atoms with Gasteiger partial charge in [0.1, 0.15) is 5.41 Å². The third kappa shape index (κ3) is 2.84. The van der Waals surface area contributed by atoms with Gasteiger partial charge in [-0.25, -0.2) is 0 Å². The molecule has 0 aliphatic heterocycles. The summed E-state index contributed by atoms with van der Waals surface area (Å²) in [6, 6.07) is 8.58. The molecule has 0 saturated carbocycles. The van der Waals surface area contributed by atoms with Crippen molar-refractivity contribution in [3.8, 4) is 0 Å². The van der Waals surface area contributed by atoms with Crippen LogP contribution < -0.4 is 0 Å². The van der Waals surface area contributed by atoms with E-state index in [9.17, 15) is 14.7 Å². The first-order valence-electron chi connectivity index (χ1n) is 5.53. The molecule has 1 aromatic carbocycles. The predicted octanol–water partition coefficient (Wildman–Crippen LogP) is 2.28. The van der Waals surface area contributed by atoms with E-state index in [1.54, 1.807) is 30.3 Å². The van der Waals surface area contributed by atoms with E-state index in [4.69, 9.17) is 5.11 Å². The van der Waals surface area contributed by atoms with Crippen molar-refractivity contribution in [3.05, 3.63) is 35.9 Å². The summed E-state index contributed by atoms with van der Waals surface area (Å²) in [6.45, 7) is 1.85. The molecule has 1 atom stereocenters. The lowest BCUT2D eigenvalue weighted by molar-refractivity contribution is -0.150. The molecule has 0 unspecified atom stereocenters. The van der Waals surface area contributed by atoms with E-state index in [0.717, 1.165) is 0 Å². The molecule has 4 heteroatoms. The van der Waals surface area contributed by atoms with E-state index in [2.05, 4.69) is 0 Å². The molecule has 1 aromatic rings. The van der Waals surface area contributed by atoms with Crippen LogP contribution in [-0.4, -0.2) is 22.2 Å². The van der Waals surface area contributed by atoms with Crippen LogP contribution in [0.2, 0.25) is 0 Å². The Morgan fingerprint density at radius 1 is 1.18 bits per heavy atom. The Balaban J connectivity index is 3.24. The van der Waals surface area contributed by atoms with E-state index < -0.39 is 17.4 Å². The minimum absolute atomic E-state index is 0.318. The number of aliphatic carboxylic acids is 2. The Bertz CT molecular complexity index is 399. The van der Waals surface area contributed by atoms with Crippen LogP contribution >= 0.6 is 0 Å². The zero-order valence-electron chi connectivity index (χ0n) is 9.72. The lowest BCUT2D eigenvalue weighted by Gasteiger charge is -2.28. The number of hydrogen-bond donors (Lipinski definition) is 2. The van der Waals surface area contributed by atoms with Gasteiger partial charge in [0.05, 0.1) is 6.42 Å². The highest BCUT2D eigenvalue weighted by Gasteiger charge is 2.41. The molecule has 0 amide bonds. The number of benzene rings is 1. The number of carboxylic acids is 2. The van der Waals surface area contributed by atoms with Crippen molar-refractivity contribution in [2.75, 3.05) is 0 Å². The highest BCUT2D eigenvalue weighted by Crippen LogP contribution is 2.33. The third-order valence-corrected chi connectivity index (χ3v) is 2.87. The molecular formula is C13H16O4. The predicted molar refractivity (Wildman–Crippen MR) is 62.9 cm³/mol. The zero-order chi connectivity index (χ0) is 12.9. The zero-order valence-corrected chi connectivity index (χ0v) is 9.72. The van der Waals surface area contributed by atoms with Gasteiger partial charge in [0.15, 0.2) is 0 Å². The van der Waals surface area contributed by atoms with Gasteiger partial charge in [-0.1, -0.05) is 43.7 Å². The Morgan fingerprint density at radius 2 is 1.76 bits per heavy atom. The van der Waals surface area contributed by atoms with Crippen molar-refractivity contribution in [3.63, 3.8) is 0 Å². The molecule has 0 radical (unpaired) electrons. The fraction of sp³-hybridized carbons (Fsp3) is 0.385. The summed E-state index contributed by atoms with van der Waals surface area (Å²) in [6.07, 6.45) is 0.549. The topological polar surface area (TPSA) is 74.6 Å². The fourth-order valence-corrected chi connectivity index (χ4v) is 2.08. The van der Waals surface area contributed by atoms with Crippen molar-refractivity contribution in [1.82, 2.24) is 0 Å². The molecule has 0 aliphatic rings. The molecule has 0 heterocycles. The number of rotatable bonds is 6. The highest BCUT2D eigenvalue weighted by atomic mass is 16.4. The molecule has 0 saturated heterocycles. The van der Waals surface area contributed by atoms with E-state index in [-0.39, 0.29) is 6.42 Å². The maximum atomic E-state index is 11.5. The maximum absolute atomic E-state index is 11.5. The maximum Gasteiger partial charge on any atom is 0.314 e. The van der Waals surface area contributed by atoms with Crippen LogP contribution in [0.1, 0.15) is 31.7 Å². The van der Waals surface area contributed by atoms with Gasteiger partial charge in [-0.3, -0.25) is 9.59 Å². The van der Waals surface area contributed by atoms with Crippen LogP contribution in [0.15, 0.2) is 30.3 Å². The van der Waals surface area contributed by atoms with Crippen molar-refractivity contribution in [1.29, 1.82) is 0 Å². The Labute approximate surface area is 99.9 Å². The summed E-state index contributed by atoms with van der Waals surface area (Å²) in [7, 11) is 0. The molecule has 0 aromatic heterocycles. The minimum Gasteiger partial charge on any atom is -0.481 e. The normalized spacial score (nSPS) is 13.9. The van der Waals surface area contributed by atoms with E-state index in [1.807, 2.05) is 6.92 Å². The molecule has 0 fully saturated rings. The molecule has 0 spiro atoms. The quantitative estimate of drug-likeness (QED) is 0.794. The summed E-state index contributed by atoms with van der Waals surface area (Å²) in [4.78, 5) is 22.4. The average molecular weight is 236 g/mol. The molecule has 17 heavy (non-hydrogen) atoms. The molecule has 4 nitrogen and oxygen atoms in total. The van der Waals surface area contributed by atoms with Crippen LogP contribution in [0, 0.1) is 0 Å². The smallest absolute Gasteiger partial charge is 0.314 e. The Morgan fingerprint density at radius 3 is 2.18 bits per heavy atom. The first kappa shape index (κ1) is 13.2. The lowest BCUT2D eigenvalue weighted by atomic mass is 9.74. The summed E-state index contributed by atoms with van der Waals surface area (Å²) in [5.41, 5.74) is -0.765. The SMILES string of the molecule is CCC[C@](CC(=O)O)(C(=O)O)c1ccccc1. The number of carboxylic acid groups (broad SMARTS) is 2. The fourth-order valence-electron chi connectivity index (χ4n) is 2.08. The van der Waals surface area contributed by atoms with Crippen LogP contribution in [-0.2, 0) is 15.0 Å². The lowest BCUT2D eigenvalue weighted by Crippen LogP contribution is -2.38. The van der Waals surface area contributed by atoms with Crippen molar-refractivity contribution < 1.29 is 19.8 Å². The second kappa shape index (κ2) is 5.48. The van der Waals surface area contributed by atoms with Crippen molar-refractivity contribution in [2.24, 2.45) is 0 Å². The van der Waals surface area contributed by atoms with Crippen molar-refractivity contribution >= 4 is 11.9 Å². The van der Waals surface area contributed by atoms with Gasteiger partial charge < -0.3 is 10.2 Å². The van der Waals surface area contributed by atoms with Crippen LogP contribution in [0.5, 0.6) is 0 Å². The van der Waals surface area contributed by atoms with Gasteiger partial charge in [0.25, 0.3) is 0 Å². The number of hydrogen-bond acceptors (Lipinski definition) is 2. The summed E-state index contributed by atoms with van der Waals surface area (Å²) < 4.78 is 0. The first-order chi connectivity index (χ1) is 8.03. The van der Waals surface area contributed by atoms with Gasteiger partial charge in [0.2, 0.25) is 0 Å². The summed E-state index contributed by atoms with van der Waals surface area (Å²) >= 11 is 0. The summed E-state index contributed by atoms with van der Waals surface area (Å²) in [5.74, 6) is -2.17. The van der Waals surface area contributed by atoms with Gasteiger partial charge in [-0.15, -0.1) is 0 Å². The number of carbonyl (C=O) groups is 2. The summed E-state index contributed by atoms with van der Waals surface area (Å²) in [5, 5.41) is 18.3. The molecule has 1 rings (SSSR count). The first-order valence-corrected chi connectivity index (χ1v) is 5.53. The van der Waals surface area contributed by atoms with Crippen LogP contribution in [0.25, 0.3) is 0 Å². The standard InChI is InChI=1S/C13H16O4/c1-2-8-13(12(16)17,9-11(14)15)10-6-4-3-5-7-10/h3-7H,2,8-9H2,1H3,(H,14,15)(H,16,17)/t13-/m1/s1. The largest absolute Gasteiger partial charge is 0.481 e. The Kier molecular flexibility index (Phi) is 4.26. The molecule has 0 aliphatic carbocycles. The molecule has 2 N–H and O–H groups in total. The van der Waals surface area contributed by atoms with E-state index in [0.29, 0.717) is 18.4 Å². The van der Waals surface area contributed by atoms with Crippen molar-refractivity contribution in [2.45, 2.75) is 31.6 Å². The van der Waals surface area contributed by atoms with Gasteiger partial charge in [-0.2, -0.15) is 0 Å². The Hall–Kier alpha value is -1.84. The highest BCUT2D eigenvalue weighted by molar-refractivity contribution is 5.87. The molecule has 92 valence electrons. The minimum atomic E-state index is -1.32. The second-order valence-electron chi connectivity index (χ2n) is 4.07. The van der Waals surface area contributed by atoms with Crippen LogP contribution in [0.4, 0.5) is 0 Å². The van der Waals surface area contributed by atoms with E-state index >= 15 is 0 Å². The van der Waals surface area contributed by atoms with Crippen LogP contribution in [0.3, 0.4) is 0 Å². The average Bonchev–Trinajstić information content (AvgIpc) is 2.28. The molecular weight excluding hydrogens is 220 g/mol. The van der Waals surface area contributed by atoms with Gasteiger partial charge >= 0.3 is 11.9 Å². The van der Waals surface area contributed by atoms with E-state index in [1.165, 1.54) is 0 Å². The van der Waals surface area contributed by atoms with Gasteiger partial charge in [0, 0.05) is 0 Å². The third-order valence-electron chi connectivity index (χ3n) is 2.87. The van der Waals surface area contributed by atoms with Gasteiger partial charge in [-0.05, 0) is 12.0 Å². The molecule has 0 bridgehead atoms. The second-order valence-corrected chi connectivity index (χ2v) is 4.07. The monoisotopic (exact) mass is 236 g/mol.